The summed E-state index contributed by atoms with van der Waals surface area (Å²) in [6.45, 7) is 10.4. The molecule has 0 bridgehead atoms. The van der Waals surface area contributed by atoms with Crippen molar-refractivity contribution in [3.63, 3.8) is 0 Å². The normalized spacial score (nSPS) is 14.9. The van der Waals surface area contributed by atoms with E-state index in [2.05, 4.69) is 52.0 Å². The van der Waals surface area contributed by atoms with Gasteiger partial charge in [0.2, 0.25) is 5.91 Å². The van der Waals surface area contributed by atoms with Crippen molar-refractivity contribution >= 4 is 17.4 Å². The van der Waals surface area contributed by atoms with Gasteiger partial charge in [-0.25, -0.2) is 9.50 Å². The van der Waals surface area contributed by atoms with E-state index in [-0.39, 0.29) is 18.1 Å². The number of hydrogen-bond acceptors (Lipinski definition) is 5. The average Bonchev–Trinajstić information content (AvgIpc) is 3.20. The minimum Gasteiger partial charge on any atom is -0.368 e. The van der Waals surface area contributed by atoms with Crippen LogP contribution in [0.25, 0.3) is 5.78 Å². The van der Waals surface area contributed by atoms with E-state index in [1.807, 2.05) is 4.90 Å². The Morgan fingerprint density at radius 2 is 1.73 bits per heavy atom. The van der Waals surface area contributed by atoms with E-state index in [9.17, 15) is 18.0 Å². The fraction of sp³-hybridized carbons (Fsp3) is 0.478. The predicted molar refractivity (Wildman–Crippen MR) is 118 cm³/mol. The molecule has 0 atom stereocenters. The zero-order valence-electron chi connectivity index (χ0n) is 19.2. The summed E-state index contributed by atoms with van der Waals surface area (Å²) in [6, 6.07) is 6.26. The molecule has 1 aromatic carbocycles. The molecule has 0 aliphatic carbocycles. The van der Waals surface area contributed by atoms with Crippen molar-refractivity contribution in [3.8, 4) is 0 Å². The number of carbonyl (C=O) groups is 1. The summed E-state index contributed by atoms with van der Waals surface area (Å²) < 4.78 is 40.0. The van der Waals surface area contributed by atoms with Gasteiger partial charge in [-0.3, -0.25) is 4.79 Å². The Bertz CT molecular complexity index is 1200. The second-order valence-electron chi connectivity index (χ2n) is 8.49. The van der Waals surface area contributed by atoms with Crippen LogP contribution in [0.15, 0.2) is 18.2 Å². The van der Waals surface area contributed by atoms with Gasteiger partial charge in [0.1, 0.15) is 0 Å². The topological polar surface area (TPSA) is 66.6 Å². The molecule has 0 radical (unpaired) electrons. The van der Waals surface area contributed by atoms with Gasteiger partial charge in [0.15, 0.2) is 0 Å². The Kier molecular flexibility index (Phi) is 6.02. The van der Waals surface area contributed by atoms with Crippen molar-refractivity contribution in [1.29, 1.82) is 0 Å². The molecule has 0 saturated carbocycles. The van der Waals surface area contributed by atoms with Crippen LogP contribution < -0.4 is 4.90 Å². The van der Waals surface area contributed by atoms with Crippen LogP contribution in [0.5, 0.6) is 0 Å². The zero-order chi connectivity index (χ0) is 23.9. The molecule has 2 aromatic heterocycles. The van der Waals surface area contributed by atoms with Crippen molar-refractivity contribution in [2.24, 2.45) is 0 Å². The van der Waals surface area contributed by atoms with E-state index in [1.54, 1.807) is 13.8 Å². The van der Waals surface area contributed by atoms with Gasteiger partial charge in [0.05, 0.1) is 0 Å². The van der Waals surface area contributed by atoms with Gasteiger partial charge in [0.25, 0.3) is 11.6 Å². The molecule has 7 nitrogen and oxygen atoms in total. The first kappa shape index (κ1) is 23.0. The van der Waals surface area contributed by atoms with E-state index < -0.39 is 12.0 Å². The first-order valence-corrected chi connectivity index (χ1v) is 10.9. The molecular formula is C23H27F3N6O. The number of anilines is 1. The van der Waals surface area contributed by atoms with Gasteiger partial charge < -0.3 is 9.80 Å². The fourth-order valence-electron chi connectivity index (χ4n) is 4.36. The van der Waals surface area contributed by atoms with E-state index in [4.69, 9.17) is 0 Å². The van der Waals surface area contributed by atoms with Gasteiger partial charge in [0, 0.05) is 49.7 Å². The number of alkyl halides is 3. The molecule has 1 amide bonds. The molecular weight excluding hydrogens is 433 g/mol. The number of aromatic nitrogens is 4. The van der Waals surface area contributed by atoms with E-state index in [1.165, 1.54) is 16.8 Å². The Morgan fingerprint density at radius 3 is 2.39 bits per heavy atom. The van der Waals surface area contributed by atoms with Gasteiger partial charge in [-0.2, -0.15) is 18.2 Å². The molecule has 1 aliphatic heterocycles. The van der Waals surface area contributed by atoms with E-state index >= 15 is 0 Å². The fourth-order valence-corrected chi connectivity index (χ4v) is 4.36. The van der Waals surface area contributed by atoms with Crippen LogP contribution in [0.2, 0.25) is 0 Å². The molecule has 1 aliphatic rings. The minimum atomic E-state index is -4.64. The molecule has 4 rings (SSSR count). The van der Waals surface area contributed by atoms with Gasteiger partial charge in [-0.1, -0.05) is 12.1 Å². The monoisotopic (exact) mass is 460 g/mol. The second-order valence-corrected chi connectivity index (χ2v) is 8.49. The van der Waals surface area contributed by atoms with Crippen LogP contribution >= 0.6 is 0 Å². The minimum absolute atomic E-state index is 0.0316. The largest absolute Gasteiger partial charge is 0.453 e. The molecule has 0 unspecified atom stereocenters. The number of hydrogen-bond donors (Lipinski definition) is 0. The number of amides is 1. The third kappa shape index (κ3) is 4.51. The highest BCUT2D eigenvalue weighted by Gasteiger charge is 2.37. The predicted octanol–water partition coefficient (Wildman–Crippen LogP) is 3.66. The Hall–Kier alpha value is -3.17. The first-order valence-electron chi connectivity index (χ1n) is 10.9. The molecule has 3 aromatic rings. The SMILES string of the molecule is Cc1cccc(N2CCN(C(=O)CCc3c(C)nc4nc(C(F)(F)F)nn4c3C)CC2)c1C. The van der Waals surface area contributed by atoms with Crippen LogP contribution in [-0.4, -0.2) is 56.6 Å². The molecule has 176 valence electrons. The van der Waals surface area contributed by atoms with Crippen LogP contribution in [0.1, 0.15) is 40.3 Å². The third-order valence-corrected chi connectivity index (χ3v) is 6.44. The summed E-state index contributed by atoms with van der Waals surface area (Å²) in [5.41, 5.74) is 5.52. The standard InChI is InChI=1S/C23H27F3N6O/c1-14-6-5-7-19(15(14)2)30-10-12-31(13-11-30)20(33)9-8-18-16(3)27-22-28-21(23(24,25)26)29-32(22)17(18)4/h5-7H,8-13H2,1-4H3. The quantitative estimate of drug-likeness (QED) is 0.595. The lowest BCUT2D eigenvalue weighted by Crippen LogP contribution is -2.49. The summed E-state index contributed by atoms with van der Waals surface area (Å²) in [4.78, 5) is 24.7. The van der Waals surface area contributed by atoms with Crippen molar-refractivity contribution in [3.05, 3.63) is 52.1 Å². The van der Waals surface area contributed by atoms with Crippen molar-refractivity contribution < 1.29 is 18.0 Å². The number of carbonyl (C=O) groups excluding carboxylic acids is 1. The lowest BCUT2D eigenvalue weighted by atomic mass is 10.1. The van der Waals surface area contributed by atoms with Crippen LogP contribution in [0, 0.1) is 27.7 Å². The summed E-state index contributed by atoms with van der Waals surface area (Å²) in [6.07, 6.45) is -3.99. The number of halogens is 3. The van der Waals surface area contributed by atoms with Crippen molar-refractivity contribution in [2.75, 3.05) is 31.1 Å². The number of rotatable bonds is 4. The summed E-state index contributed by atoms with van der Waals surface area (Å²) >= 11 is 0. The highest BCUT2D eigenvalue weighted by atomic mass is 19.4. The molecule has 1 saturated heterocycles. The van der Waals surface area contributed by atoms with Crippen LogP contribution in [0.3, 0.4) is 0 Å². The Labute approximate surface area is 190 Å². The third-order valence-electron chi connectivity index (χ3n) is 6.44. The summed E-state index contributed by atoms with van der Waals surface area (Å²) in [7, 11) is 0. The number of piperazine rings is 1. The molecule has 3 heterocycles. The lowest BCUT2D eigenvalue weighted by Gasteiger charge is -2.37. The maximum absolute atomic E-state index is 13.0. The molecule has 1 fully saturated rings. The molecule has 33 heavy (non-hydrogen) atoms. The highest BCUT2D eigenvalue weighted by molar-refractivity contribution is 5.77. The molecule has 10 heteroatoms. The molecule has 0 spiro atoms. The van der Waals surface area contributed by atoms with Gasteiger partial charge >= 0.3 is 6.18 Å². The number of fused-ring (bicyclic) bond motifs is 1. The average molecular weight is 461 g/mol. The van der Waals surface area contributed by atoms with Crippen LogP contribution in [0.4, 0.5) is 18.9 Å². The lowest BCUT2D eigenvalue weighted by molar-refractivity contribution is -0.144. The van der Waals surface area contributed by atoms with Gasteiger partial charge in [-0.05, 0) is 56.9 Å². The maximum atomic E-state index is 13.0. The van der Waals surface area contributed by atoms with Gasteiger partial charge in [-0.15, -0.1) is 5.10 Å². The maximum Gasteiger partial charge on any atom is 0.453 e. The van der Waals surface area contributed by atoms with E-state index in [0.29, 0.717) is 30.9 Å². The van der Waals surface area contributed by atoms with Crippen LogP contribution in [-0.2, 0) is 17.4 Å². The number of nitrogens with zero attached hydrogens (tertiary/aromatic N) is 6. The number of benzene rings is 1. The second kappa shape index (κ2) is 8.64. The Balaban J connectivity index is 1.41. The number of aryl methyl sites for hydroxylation is 3. The highest BCUT2D eigenvalue weighted by Crippen LogP contribution is 2.27. The summed E-state index contributed by atoms with van der Waals surface area (Å²) in [5, 5.41) is 3.57. The molecule has 0 N–H and O–H groups in total. The first-order chi connectivity index (χ1) is 15.6. The van der Waals surface area contributed by atoms with Crippen molar-refractivity contribution in [1.82, 2.24) is 24.5 Å². The van der Waals surface area contributed by atoms with Crippen molar-refractivity contribution in [2.45, 2.75) is 46.7 Å². The Morgan fingerprint density at radius 1 is 1.03 bits per heavy atom. The summed E-state index contributed by atoms with van der Waals surface area (Å²) in [5.74, 6) is -1.27. The van der Waals surface area contributed by atoms with E-state index in [0.717, 1.165) is 23.2 Å². The zero-order valence-corrected chi connectivity index (χ0v) is 19.2. The smallest absolute Gasteiger partial charge is 0.368 e.